The molecule has 118 valence electrons. The van der Waals surface area contributed by atoms with E-state index < -0.39 is 0 Å². The summed E-state index contributed by atoms with van der Waals surface area (Å²) in [5.41, 5.74) is 0. The maximum absolute atomic E-state index is 3.88. The highest BCUT2D eigenvalue weighted by Gasteiger charge is 2.35. The van der Waals surface area contributed by atoms with Gasteiger partial charge in [-0.2, -0.15) is 0 Å². The van der Waals surface area contributed by atoms with Crippen molar-refractivity contribution >= 4 is 0 Å². The van der Waals surface area contributed by atoms with Crippen LogP contribution in [0.25, 0.3) is 0 Å². The molecule has 1 aliphatic heterocycles. The van der Waals surface area contributed by atoms with Gasteiger partial charge in [0, 0.05) is 31.7 Å². The molecular weight excluding hydrogens is 244 g/mol. The van der Waals surface area contributed by atoms with Crippen LogP contribution in [0.4, 0.5) is 0 Å². The third kappa shape index (κ3) is 4.21. The van der Waals surface area contributed by atoms with Crippen molar-refractivity contribution in [2.24, 2.45) is 17.8 Å². The van der Waals surface area contributed by atoms with E-state index in [0.29, 0.717) is 6.04 Å². The molecule has 0 amide bonds. The van der Waals surface area contributed by atoms with Gasteiger partial charge in [0.15, 0.2) is 0 Å². The van der Waals surface area contributed by atoms with E-state index in [0.717, 1.165) is 23.8 Å². The fraction of sp³-hybridized carbons (Fsp3) is 1.00. The monoisotopic (exact) mass is 280 g/mol. The van der Waals surface area contributed by atoms with Crippen molar-refractivity contribution < 1.29 is 0 Å². The second-order valence-corrected chi connectivity index (χ2v) is 7.71. The molecule has 2 nitrogen and oxygen atoms in total. The second-order valence-electron chi connectivity index (χ2n) is 7.71. The van der Waals surface area contributed by atoms with Crippen LogP contribution in [-0.4, -0.2) is 36.6 Å². The highest BCUT2D eigenvalue weighted by molar-refractivity contribution is 4.92. The number of hydrogen-bond acceptors (Lipinski definition) is 2. The molecule has 1 aliphatic carbocycles. The lowest BCUT2D eigenvalue weighted by molar-refractivity contribution is 0.0502. The quantitative estimate of drug-likeness (QED) is 0.821. The van der Waals surface area contributed by atoms with Crippen LogP contribution in [0.15, 0.2) is 0 Å². The Bertz CT molecular complexity index is 271. The molecule has 3 unspecified atom stereocenters. The average Bonchev–Trinajstić information content (AvgIpc) is 2.46. The summed E-state index contributed by atoms with van der Waals surface area (Å²) >= 11 is 0. The lowest BCUT2D eigenvalue weighted by Gasteiger charge is -2.47. The largest absolute Gasteiger partial charge is 0.311 e. The van der Waals surface area contributed by atoms with Gasteiger partial charge in [-0.25, -0.2) is 0 Å². The zero-order valence-electron chi connectivity index (χ0n) is 14.2. The molecule has 0 spiro atoms. The van der Waals surface area contributed by atoms with Crippen LogP contribution in [0.5, 0.6) is 0 Å². The summed E-state index contributed by atoms with van der Waals surface area (Å²) in [6.45, 7) is 13.3. The molecule has 3 atom stereocenters. The summed E-state index contributed by atoms with van der Waals surface area (Å²) in [6, 6.07) is 1.51. The van der Waals surface area contributed by atoms with E-state index in [4.69, 9.17) is 0 Å². The standard InChI is InChI=1S/C18H36N2/c1-5-15(4)17-13-20(12-14(2)3)18(11-19-17)16-9-7-6-8-10-16/h14-19H,5-13H2,1-4H3. The summed E-state index contributed by atoms with van der Waals surface area (Å²) < 4.78 is 0. The van der Waals surface area contributed by atoms with Gasteiger partial charge in [-0.05, 0) is 30.6 Å². The van der Waals surface area contributed by atoms with Crippen molar-refractivity contribution in [3.63, 3.8) is 0 Å². The zero-order valence-corrected chi connectivity index (χ0v) is 14.2. The molecule has 1 saturated carbocycles. The Balaban J connectivity index is 1.99. The van der Waals surface area contributed by atoms with Crippen molar-refractivity contribution in [1.29, 1.82) is 0 Å². The molecule has 0 bridgehead atoms. The summed E-state index contributed by atoms with van der Waals surface area (Å²) in [5.74, 6) is 2.54. The number of piperazine rings is 1. The molecule has 1 heterocycles. The summed E-state index contributed by atoms with van der Waals surface area (Å²) in [5, 5.41) is 3.88. The van der Waals surface area contributed by atoms with Crippen molar-refractivity contribution in [1.82, 2.24) is 10.2 Å². The lowest BCUT2D eigenvalue weighted by Crippen LogP contribution is -2.61. The lowest BCUT2D eigenvalue weighted by atomic mass is 9.81. The van der Waals surface area contributed by atoms with Crippen LogP contribution in [0.1, 0.15) is 66.2 Å². The Hall–Kier alpha value is -0.0800. The van der Waals surface area contributed by atoms with Crippen LogP contribution >= 0.6 is 0 Å². The van der Waals surface area contributed by atoms with E-state index in [-0.39, 0.29) is 0 Å². The number of nitrogens with zero attached hydrogens (tertiary/aromatic N) is 1. The zero-order chi connectivity index (χ0) is 14.5. The first-order valence-corrected chi connectivity index (χ1v) is 9.09. The Kier molecular flexibility index (Phi) is 6.35. The van der Waals surface area contributed by atoms with E-state index in [2.05, 4.69) is 37.9 Å². The van der Waals surface area contributed by atoms with Crippen LogP contribution < -0.4 is 5.32 Å². The van der Waals surface area contributed by atoms with Gasteiger partial charge in [0.1, 0.15) is 0 Å². The number of hydrogen-bond donors (Lipinski definition) is 1. The van der Waals surface area contributed by atoms with Crippen LogP contribution in [0, 0.1) is 17.8 Å². The average molecular weight is 280 g/mol. The van der Waals surface area contributed by atoms with Gasteiger partial charge >= 0.3 is 0 Å². The van der Waals surface area contributed by atoms with Crippen molar-refractivity contribution in [3.8, 4) is 0 Å². The molecule has 0 aromatic heterocycles. The summed E-state index contributed by atoms with van der Waals surface area (Å²) in [7, 11) is 0. The fourth-order valence-corrected chi connectivity index (χ4v) is 4.18. The fourth-order valence-electron chi connectivity index (χ4n) is 4.18. The maximum atomic E-state index is 3.88. The van der Waals surface area contributed by atoms with Gasteiger partial charge in [0.25, 0.3) is 0 Å². The highest BCUT2D eigenvalue weighted by atomic mass is 15.2. The number of nitrogens with one attached hydrogen (secondary N) is 1. The van der Waals surface area contributed by atoms with Gasteiger partial charge in [-0.15, -0.1) is 0 Å². The Labute approximate surface area is 126 Å². The van der Waals surface area contributed by atoms with E-state index in [9.17, 15) is 0 Å². The smallest absolute Gasteiger partial charge is 0.0249 e. The topological polar surface area (TPSA) is 15.3 Å². The molecule has 2 aliphatic rings. The number of rotatable bonds is 5. The minimum Gasteiger partial charge on any atom is -0.311 e. The normalized spacial score (nSPS) is 31.6. The molecule has 0 radical (unpaired) electrons. The van der Waals surface area contributed by atoms with Gasteiger partial charge in [0.2, 0.25) is 0 Å². The van der Waals surface area contributed by atoms with Gasteiger partial charge < -0.3 is 5.32 Å². The van der Waals surface area contributed by atoms with Crippen molar-refractivity contribution in [3.05, 3.63) is 0 Å². The third-order valence-electron chi connectivity index (χ3n) is 5.61. The molecular formula is C18H36N2. The molecule has 2 heteroatoms. The first-order chi connectivity index (χ1) is 9.61. The van der Waals surface area contributed by atoms with E-state index in [1.54, 1.807) is 0 Å². The first kappa shape index (κ1) is 16.3. The van der Waals surface area contributed by atoms with Gasteiger partial charge in [-0.3, -0.25) is 4.90 Å². The molecule has 1 saturated heterocycles. The van der Waals surface area contributed by atoms with Crippen LogP contribution in [0.3, 0.4) is 0 Å². The second kappa shape index (κ2) is 7.79. The van der Waals surface area contributed by atoms with Crippen LogP contribution in [-0.2, 0) is 0 Å². The van der Waals surface area contributed by atoms with Crippen molar-refractivity contribution in [2.45, 2.75) is 78.3 Å². The maximum Gasteiger partial charge on any atom is 0.0249 e. The van der Waals surface area contributed by atoms with E-state index in [1.807, 2.05) is 0 Å². The third-order valence-corrected chi connectivity index (χ3v) is 5.61. The summed E-state index contributed by atoms with van der Waals surface area (Å²) in [4.78, 5) is 2.84. The van der Waals surface area contributed by atoms with Crippen LogP contribution in [0.2, 0.25) is 0 Å². The van der Waals surface area contributed by atoms with Gasteiger partial charge in [0.05, 0.1) is 0 Å². The predicted octanol–water partition coefficient (Wildman–Crippen LogP) is 3.91. The minimum atomic E-state index is 0.707. The van der Waals surface area contributed by atoms with Gasteiger partial charge in [-0.1, -0.05) is 53.4 Å². The minimum absolute atomic E-state index is 0.707. The molecule has 0 aromatic carbocycles. The summed E-state index contributed by atoms with van der Waals surface area (Å²) in [6.07, 6.45) is 8.62. The SMILES string of the molecule is CCC(C)C1CN(CC(C)C)C(C2CCCCC2)CN1. The first-order valence-electron chi connectivity index (χ1n) is 9.09. The molecule has 0 aromatic rings. The van der Waals surface area contributed by atoms with E-state index >= 15 is 0 Å². The Morgan fingerprint density at radius 1 is 1.10 bits per heavy atom. The Morgan fingerprint density at radius 3 is 2.40 bits per heavy atom. The molecule has 2 fully saturated rings. The molecule has 2 rings (SSSR count). The van der Waals surface area contributed by atoms with Crippen molar-refractivity contribution in [2.75, 3.05) is 19.6 Å². The predicted molar refractivity (Wildman–Crippen MR) is 88.0 cm³/mol. The Morgan fingerprint density at radius 2 is 1.80 bits per heavy atom. The highest BCUT2D eigenvalue weighted by Crippen LogP contribution is 2.31. The molecule has 20 heavy (non-hydrogen) atoms. The van der Waals surface area contributed by atoms with E-state index in [1.165, 1.54) is 58.2 Å². The molecule has 1 N–H and O–H groups in total.